The average molecular weight is 367 g/mol. The van der Waals surface area contributed by atoms with Crippen LogP contribution in [-0.2, 0) is 4.79 Å². The maximum absolute atomic E-state index is 12.7. The number of hydrogen-bond acceptors (Lipinski definition) is 5. The molecule has 1 saturated heterocycles. The molecule has 0 aliphatic carbocycles. The molecule has 1 fully saturated rings. The first kappa shape index (κ1) is 19.1. The van der Waals surface area contributed by atoms with Gasteiger partial charge in [0.1, 0.15) is 11.6 Å². The summed E-state index contributed by atoms with van der Waals surface area (Å²) >= 11 is 0. The predicted molar refractivity (Wildman–Crippen MR) is 109 cm³/mol. The summed E-state index contributed by atoms with van der Waals surface area (Å²) < 4.78 is 0. The highest BCUT2D eigenvalue weighted by Gasteiger charge is 2.23. The monoisotopic (exact) mass is 367 g/mol. The van der Waals surface area contributed by atoms with Crippen molar-refractivity contribution in [1.82, 2.24) is 14.9 Å². The van der Waals surface area contributed by atoms with E-state index in [-0.39, 0.29) is 5.91 Å². The summed E-state index contributed by atoms with van der Waals surface area (Å²) in [5, 5.41) is 0. The van der Waals surface area contributed by atoms with Crippen LogP contribution < -0.4 is 9.80 Å². The van der Waals surface area contributed by atoms with E-state index < -0.39 is 0 Å². The number of para-hydroxylation sites is 1. The number of hydrogen-bond donors (Lipinski definition) is 0. The Morgan fingerprint density at radius 2 is 1.78 bits per heavy atom. The highest BCUT2D eigenvalue weighted by atomic mass is 16.2. The van der Waals surface area contributed by atoms with Gasteiger partial charge in [-0.2, -0.15) is 0 Å². The molecule has 2 aromatic rings. The van der Waals surface area contributed by atoms with E-state index in [1.807, 2.05) is 60.2 Å². The van der Waals surface area contributed by atoms with Crippen molar-refractivity contribution in [2.75, 3.05) is 49.6 Å². The summed E-state index contributed by atoms with van der Waals surface area (Å²) in [6.45, 7) is 9.67. The van der Waals surface area contributed by atoms with E-state index in [2.05, 4.69) is 23.7 Å². The van der Waals surface area contributed by atoms with Gasteiger partial charge in [-0.25, -0.2) is 9.97 Å². The average Bonchev–Trinajstić information content (AvgIpc) is 2.68. The van der Waals surface area contributed by atoms with Crippen LogP contribution in [0.4, 0.5) is 11.5 Å². The lowest BCUT2D eigenvalue weighted by Gasteiger charge is -2.36. The lowest BCUT2D eigenvalue weighted by Crippen LogP contribution is -2.51. The zero-order chi connectivity index (χ0) is 19.4. The van der Waals surface area contributed by atoms with Crippen LogP contribution >= 0.6 is 0 Å². The minimum Gasteiger partial charge on any atom is -0.365 e. The predicted octanol–water partition coefficient (Wildman–Crippen LogP) is 2.69. The Kier molecular flexibility index (Phi) is 5.94. The van der Waals surface area contributed by atoms with E-state index in [9.17, 15) is 4.79 Å². The maximum Gasteiger partial charge on any atom is 0.242 e. The van der Waals surface area contributed by atoms with Crippen molar-refractivity contribution in [3.05, 3.63) is 47.9 Å². The molecule has 1 aliphatic heterocycles. The van der Waals surface area contributed by atoms with Gasteiger partial charge < -0.3 is 14.7 Å². The molecule has 0 N–H and O–H groups in total. The molecule has 1 amide bonds. The first-order valence-corrected chi connectivity index (χ1v) is 9.58. The molecule has 6 nitrogen and oxygen atoms in total. The van der Waals surface area contributed by atoms with Crippen LogP contribution in [0.5, 0.6) is 0 Å². The fourth-order valence-corrected chi connectivity index (χ4v) is 3.26. The number of nitrogens with zero attached hydrogens (tertiary/aromatic N) is 5. The highest BCUT2D eigenvalue weighted by molar-refractivity contribution is 5.81. The Morgan fingerprint density at radius 3 is 2.41 bits per heavy atom. The molecule has 0 radical (unpaired) electrons. The van der Waals surface area contributed by atoms with E-state index in [1.165, 1.54) is 0 Å². The molecule has 0 saturated carbocycles. The Hall–Kier alpha value is -2.63. The zero-order valence-electron chi connectivity index (χ0n) is 16.7. The second-order valence-electron chi connectivity index (χ2n) is 7.44. The number of carbonyl (C=O) groups is 1. The van der Waals surface area contributed by atoms with Gasteiger partial charge in [-0.05, 0) is 19.1 Å². The molecule has 0 spiro atoms. The third-order valence-corrected chi connectivity index (χ3v) is 4.90. The molecule has 1 aromatic carbocycles. The van der Waals surface area contributed by atoms with Gasteiger partial charge in [-0.1, -0.05) is 32.0 Å². The second-order valence-corrected chi connectivity index (χ2v) is 7.44. The molecule has 0 bridgehead atoms. The molecule has 27 heavy (non-hydrogen) atoms. The Balaban J connectivity index is 1.58. The van der Waals surface area contributed by atoms with Crippen LogP contribution in [0.25, 0.3) is 0 Å². The summed E-state index contributed by atoms with van der Waals surface area (Å²) in [6, 6.07) is 12.0. The van der Waals surface area contributed by atoms with Gasteiger partial charge in [0.25, 0.3) is 0 Å². The van der Waals surface area contributed by atoms with Crippen molar-refractivity contribution in [2.45, 2.75) is 26.7 Å². The fourth-order valence-electron chi connectivity index (χ4n) is 3.26. The number of amides is 1. The number of carbonyl (C=O) groups excluding carboxylic acids is 1. The van der Waals surface area contributed by atoms with Gasteiger partial charge in [0.15, 0.2) is 0 Å². The minimum atomic E-state index is 0.169. The lowest BCUT2D eigenvalue weighted by atomic mass is 10.2. The number of aromatic nitrogens is 2. The van der Waals surface area contributed by atoms with Crippen LogP contribution in [0, 0.1) is 6.92 Å². The van der Waals surface area contributed by atoms with Gasteiger partial charge in [0.05, 0.1) is 6.54 Å². The fraction of sp³-hybridized carbons (Fsp3) is 0.476. The second kappa shape index (κ2) is 8.37. The van der Waals surface area contributed by atoms with Gasteiger partial charge >= 0.3 is 0 Å². The molecule has 0 unspecified atom stereocenters. The van der Waals surface area contributed by atoms with Crippen molar-refractivity contribution in [3.63, 3.8) is 0 Å². The van der Waals surface area contributed by atoms with Crippen molar-refractivity contribution in [1.29, 1.82) is 0 Å². The first-order chi connectivity index (χ1) is 12.9. The number of likely N-dealkylation sites (N-methyl/N-ethyl adjacent to an activating group) is 1. The van der Waals surface area contributed by atoms with Crippen LogP contribution in [0.2, 0.25) is 0 Å². The van der Waals surface area contributed by atoms with Crippen molar-refractivity contribution in [2.24, 2.45) is 0 Å². The summed E-state index contributed by atoms with van der Waals surface area (Å²) in [6.07, 6.45) is 0. The third-order valence-electron chi connectivity index (χ3n) is 4.90. The number of rotatable bonds is 5. The van der Waals surface area contributed by atoms with Gasteiger partial charge in [0, 0.05) is 56.6 Å². The number of piperazine rings is 1. The Bertz CT molecular complexity index is 769. The van der Waals surface area contributed by atoms with Crippen LogP contribution in [0.15, 0.2) is 36.4 Å². The molecule has 1 aliphatic rings. The summed E-state index contributed by atoms with van der Waals surface area (Å²) in [5.74, 6) is 2.33. The van der Waals surface area contributed by atoms with E-state index in [4.69, 9.17) is 4.98 Å². The molecule has 3 rings (SSSR count). The van der Waals surface area contributed by atoms with Gasteiger partial charge in [-0.15, -0.1) is 0 Å². The topological polar surface area (TPSA) is 52.6 Å². The zero-order valence-corrected chi connectivity index (χ0v) is 16.7. The number of benzene rings is 1. The van der Waals surface area contributed by atoms with Gasteiger partial charge in [0.2, 0.25) is 5.91 Å². The van der Waals surface area contributed by atoms with Gasteiger partial charge in [-0.3, -0.25) is 4.79 Å². The van der Waals surface area contributed by atoms with Crippen LogP contribution in [-0.4, -0.2) is 60.5 Å². The van der Waals surface area contributed by atoms with Crippen molar-refractivity contribution >= 4 is 17.4 Å². The highest BCUT2D eigenvalue weighted by Crippen LogP contribution is 2.19. The maximum atomic E-state index is 12.7. The Labute approximate surface area is 161 Å². The van der Waals surface area contributed by atoms with Crippen molar-refractivity contribution in [3.8, 4) is 0 Å². The first-order valence-electron chi connectivity index (χ1n) is 9.58. The van der Waals surface area contributed by atoms with E-state index in [0.717, 1.165) is 49.2 Å². The lowest BCUT2D eigenvalue weighted by molar-refractivity contribution is -0.129. The number of anilines is 2. The molecule has 1 aromatic heterocycles. The summed E-state index contributed by atoms with van der Waals surface area (Å²) in [4.78, 5) is 28.1. The van der Waals surface area contributed by atoms with E-state index in [0.29, 0.717) is 12.5 Å². The number of aryl methyl sites for hydroxylation is 1. The summed E-state index contributed by atoms with van der Waals surface area (Å²) in [7, 11) is 1.96. The molecule has 0 atom stereocenters. The normalized spacial score (nSPS) is 14.6. The van der Waals surface area contributed by atoms with E-state index >= 15 is 0 Å². The molecule has 144 valence electrons. The Morgan fingerprint density at radius 1 is 1.11 bits per heavy atom. The molecular formula is C21H29N5O. The third kappa shape index (κ3) is 4.76. The smallest absolute Gasteiger partial charge is 0.242 e. The van der Waals surface area contributed by atoms with E-state index in [1.54, 1.807) is 0 Å². The molecular weight excluding hydrogens is 338 g/mol. The quantitative estimate of drug-likeness (QED) is 0.813. The minimum absolute atomic E-state index is 0.169. The standard InChI is InChI=1S/C21H29N5O/c1-16(2)21-22-17(3)14-19(23-21)25-10-12-26(13-11-25)20(27)15-24(4)18-8-6-5-7-9-18/h5-9,14,16H,10-13,15H2,1-4H3. The van der Waals surface area contributed by atoms with Crippen molar-refractivity contribution < 1.29 is 4.79 Å². The largest absolute Gasteiger partial charge is 0.365 e. The molecule has 6 heteroatoms. The van der Waals surface area contributed by atoms with Crippen LogP contribution in [0.1, 0.15) is 31.3 Å². The molecule has 2 heterocycles. The SMILES string of the molecule is Cc1cc(N2CCN(C(=O)CN(C)c3ccccc3)CC2)nc(C(C)C)n1. The van der Waals surface area contributed by atoms with Crippen LogP contribution in [0.3, 0.4) is 0 Å². The summed E-state index contributed by atoms with van der Waals surface area (Å²) in [5.41, 5.74) is 2.05.